The molecule has 0 bridgehead atoms. The number of rotatable bonds is 5. The molecule has 1 aliphatic carbocycles. The Morgan fingerprint density at radius 3 is 2.21 bits per heavy atom. The van der Waals surface area contributed by atoms with Crippen molar-refractivity contribution in [2.75, 3.05) is 5.73 Å². The molecule has 8 heteroatoms. The largest absolute Gasteiger partial charge is 0.399 e. The Bertz CT molecular complexity index is 893. The van der Waals surface area contributed by atoms with Crippen molar-refractivity contribution in [1.29, 1.82) is 0 Å². The van der Waals surface area contributed by atoms with Crippen molar-refractivity contribution in [2.24, 2.45) is 5.73 Å². The van der Waals surface area contributed by atoms with Gasteiger partial charge in [0.2, 0.25) is 5.91 Å². The Morgan fingerprint density at radius 2 is 1.67 bits per heavy atom. The molecule has 0 radical (unpaired) electrons. The van der Waals surface area contributed by atoms with Crippen molar-refractivity contribution in [3.05, 3.63) is 48.0 Å². The van der Waals surface area contributed by atoms with E-state index in [-0.39, 0.29) is 16.5 Å². The topological polar surface area (TPSA) is 106 Å². The number of amides is 1. The van der Waals surface area contributed by atoms with Crippen LogP contribution in [-0.2, 0) is 10.0 Å². The summed E-state index contributed by atoms with van der Waals surface area (Å²) in [5.74, 6) is -0.789. The van der Waals surface area contributed by atoms with E-state index >= 15 is 0 Å². The Hall–Kier alpha value is -1.90. The predicted molar refractivity (Wildman–Crippen MR) is 95.8 cm³/mol. The number of hydrogen-bond donors (Lipinski definition) is 2. The first kappa shape index (κ1) is 16.9. The Balaban J connectivity index is 2.08. The van der Waals surface area contributed by atoms with Gasteiger partial charge >= 0.3 is 0 Å². The van der Waals surface area contributed by atoms with Crippen LogP contribution >= 0.6 is 16.1 Å². The Kier molecular flexibility index (Phi) is 4.37. The average molecular weight is 410 g/mol. The number of carbonyl (C=O) groups is 1. The molecule has 1 fully saturated rings. The quantitative estimate of drug-likeness (QED) is 0.584. The number of hydrogen-bond acceptors (Lipinski definition) is 4. The summed E-state index contributed by atoms with van der Waals surface area (Å²) in [6.45, 7) is 0. The minimum atomic E-state index is -3.83. The fraction of sp³-hybridized carbons (Fsp3) is 0.188. The molecule has 1 saturated carbocycles. The zero-order valence-electron chi connectivity index (χ0n) is 12.6. The molecule has 2 aromatic carbocycles. The number of nitrogens with two attached hydrogens (primary N) is 2. The van der Waals surface area contributed by atoms with Gasteiger partial charge in [-0.05, 0) is 48.2 Å². The molecule has 3 rings (SSSR count). The van der Waals surface area contributed by atoms with Crippen LogP contribution in [-0.4, -0.2) is 23.7 Å². The number of nitrogen functional groups attached to an aromatic ring is 1. The van der Waals surface area contributed by atoms with Gasteiger partial charge in [0, 0.05) is 27.9 Å². The number of nitrogens with zero attached hydrogens (tertiary/aromatic N) is 1. The third-order valence-electron chi connectivity index (χ3n) is 3.83. The van der Waals surface area contributed by atoms with E-state index in [4.69, 9.17) is 11.5 Å². The fourth-order valence-electron chi connectivity index (χ4n) is 2.37. The number of carbonyl (C=O) groups excluding carboxylic acids is 1. The number of primary amides is 1. The summed E-state index contributed by atoms with van der Waals surface area (Å²) in [4.78, 5) is 11.7. The van der Waals surface area contributed by atoms with Crippen LogP contribution in [0.4, 0.5) is 5.69 Å². The van der Waals surface area contributed by atoms with E-state index in [0.29, 0.717) is 11.3 Å². The first-order valence-corrected chi connectivity index (χ1v) is 9.45. The van der Waals surface area contributed by atoms with Crippen LogP contribution in [0, 0.1) is 0 Å². The maximum Gasteiger partial charge on any atom is 0.253 e. The van der Waals surface area contributed by atoms with Gasteiger partial charge in [-0.3, -0.25) is 4.79 Å². The van der Waals surface area contributed by atoms with E-state index < -0.39 is 15.9 Å². The second kappa shape index (κ2) is 6.19. The summed E-state index contributed by atoms with van der Waals surface area (Å²) in [6.07, 6.45) is 1.58. The van der Waals surface area contributed by atoms with Crippen LogP contribution < -0.4 is 11.5 Å². The molecule has 126 valence electrons. The molecule has 0 aromatic heterocycles. The summed E-state index contributed by atoms with van der Waals surface area (Å²) in [6, 6.07) is 11.5. The molecule has 0 saturated heterocycles. The van der Waals surface area contributed by atoms with E-state index in [1.54, 1.807) is 30.3 Å². The molecule has 4 N–H and O–H groups in total. The molecule has 1 amide bonds. The van der Waals surface area contributed by atoms with Gasteiger partial charge < -0.3 is 11.5 Å². The maximum atomic E-state index is 12.7. The highest BCUT2D eigenvalue weighted by atomic mass is 79.9. The highest BCUT2D eigenvalue weighted by Crippen LogP contribution is 2.36. The summed E-state index contributed by atoms with van der Waals surface area (Å²) in [5, 5.41) is 0. The highest BCUT2D eigenvalue weighted by Gasteiger charge is 2.38. The fourth-order valence-corrected chi connectivity index (χ4v) is 4.72. The molecule has 0 heterocycles. The number of anilines is 1. The summed E-state index contributed by atoms with van der Waals surface area (Å²) in [5.41, 5.74) is 13.2. The van der Waals surface area contributed by atoms with E-state index in [9.17, 15) is 13.2 Å². The minimum absolute atomic E-state index is 0.0329. The summed E-state index contributed by atoms with van der Waals surface area (Å²) >= 11 is 3.10. The smallest absolute Gasteiger partial charge is 0.253 e. The second-order valence-corrected chi connectivity index (χ2v) is 8.69. The average Bonchev–Trinajstić information content (AvgIpc) is 3.39. The number of sulfonamides is 1. The summed E-state index contributed by atoms with van der Waals surface area (Å²) in [7, 11) is -3.83. The van der Waals surface area contributed by atoms with Crippen molar-refractivity contribution in [3.63, 3.8) is 0 Å². The van der Waals surface area contributed by atoms with Crippen molar-refractivity contribution in [3.8, 4) is 11.1 Å². The Labute approximate surface area is 148 Å². The van der Waals surface area contributed by atoms with Crippen molar-refractivity contribution < 1.29 is 13.2 Å². The Morgan fingerprint density at radius 1 is 1.08 bits per heavy atom. The molecular weight excluding hydrogens is 394 g/mol. The molecule has 0 atom stereocenters. The van der Waals surface area contributed by atoms with E-state index in [1.807, 2.05) is 0 Å². The minimum Gasteiger partial charge on any atom is -0.399 e. The molecule has 6 nitrogen and oxygen atoms in total. The number of halogens is 1. The van der Waals surface area contributed by atoms with Crippen LogP contribution in [0.5, 0.6) is 0 Å². The maximum absolute atomic E-state index is 12.7. The first-order chi connectivity index (χ1) is 11.3. The second-order valence-electron chi connectivity index (χ2n) is 5.68. The van der Waals surface area contributed by atoms with Crippen LogP contribution in [0.1, 0.15) is 23.2 Å². The lowest BCUT2D eigenvalue weighted by Crippen LogP contribution is -2.26. The number of benzene rings is 2. The van der Waals surface area contributed by atoms with Gasteiger partial charge in [0.05, 0.1) is 10.5 Å². The monoisotopic (exact) mass is 409 g/mol. The lowest BCUT2D eigenvalue weighted by atomic mass is 10.0. The highest BCUT2D eigenvalue weighted by molar-refractivity contribution is 9.08. The molecule has 0 unspecified atom stereocenters. The lowest BCUT2D eigenvalue weighted by Gasteiger charge is -2.16. The molecule has 0 aliphatic heterocycles. The zero-order chi connectivity index (χ0) is 17.5. The van der Waals surface area contributed by atoms with Crippen LogP contribution in [0.3, 0.4) is 0 Å². The van der Waals surface area contributed by atoms with Crippen molar-refractivity contribution in [2.45, 2.75) is 23.8 Å². The SMILES string of the molecule is NC(=O)c1cc(-c2ccc(N)cc2)ccc1S(=O)(=O)N(Br)C1CC1. The van der Waals surface area contributed by atoms with Crippen LogP contribution in [0.2, 0.25) is 0 Å². The van der Waals surface area contributed by atoms with Gasteiger partial charge in [-0.2, -0.15) is 0 Å². The zero-order valence-corrected chi connectivity index (χ0v) is 15.0. The van der Waals surface area contributed by atoms with Gasteiger partial charge in [0.1, 0.15) is 0 Å². The normalized spacial score (nSPS) is 14.8. The van der Waals surface area contributed by atoms with Gasteiger partial charge in [0.15, 0.2) is 0 Å². The van der Waals surface area contributed by atoms with Gasteiger partial charge in [-0.1, -0.05) is 18.2 Å². The van der Waals surface area contributed by atoms with E-state index in [0.717, 1.165) is 21.7 Å². The van der Waals surface area contributed by atoms with Gasteiger partial charge in [0.25, 0.3) is 10.0 Å². The molecule has 24 heavy (non-hydrogen) atoms. The van der Waals surface area contributed by atoms with Gasteiger partial charge in [-0.25, -0.2) is 8.42 Å². The van der Waals surface area contributed by atoms with Crippen molar-refractivity contribution >= 4 is 37.8 Å². The standard InChI is InChI=1S/C16H16BrN3O3S/c17-20(13-6-7-13)24(22,23)15-8-3-11(9-14(15)16(19)21)10-1-4-12(18)5-2-10/h1-5,8-9,13H,6-7,18H2,(H2,19,21). The lowest BCUT2D eigenvalue weighted by molar-refractivity contribution is 0.0997. The molecule has 1 aliphatic rings. The van der Waals surface area contributed by atoms with Crippen LogP contribution in [0.25, 0.3) is 11.1 Å². The van der Waals surface area contributed by atoms with Crippen LogP contribution in [0.15, 0.2) is 47.4 Å². The predicted octanol–water partition coefficient (Wildman–Crippen LogP) is 2.50. The third kappa shape index (κ3) is 3.17. The van der Waals surface area contributed by atoms with E-state index in [1.165, 1.54) is 12.1 Å². The third-order valence-corrected chi connectivity index (χ3v) is 7.22. The van der Waals surface area contributed by atoms with Gasteiger partial charge in [-0.15, -0.1) is 3.33 Å². The van der Waals surface area contributed by atoms with Crippen molar-refractivity contribution in [1.82, 2.24) is 3.33 Å². The van der Waals surface area contributed by atoms with E-state index in [2.05, 4.69) is 16.1 Å². The molecule has 2 aromatic rings. The molecular formula is C16H16BrN3O3S. The first-order valence-electron chi connectivity index (χ1n) is 7.30. The summed E-state index contributed by atoms with van der Waals surface area (Å²) < 4.78 is 26.5. The molecule has 0 spiro atoms.